The summed E-state index contributed by atoms with van der Waals surface area (Å²) in [7, 11) is 0. The van der Waals surface area contributed by atoms with Crippen molar-refractivity contribution in [3.05, 3.63) is 11.8 Å². The first kappa shape index (κ1) is 7.68. The zero-order chi connectivity index (χ0) is 7.28. The quantitative estimate of drug-likeness (QED) is 0.382. The normalized spacial score (nSPS) is 10.6. The highest BCUT2D eigenvalue weighted by atomic mass is 16.2. The lowest BCUT2D eigenvalue weighted by Crippen LogP contribution is -2.24. The summed E-state index contributed by atoms with van der Waals surface area (Å²) in [6, 6.07) is 0. The minimum Gasteiger partial charge on any atom is -0.364 e. The van der Waals surface area contributed by atoms with Gasteiger partial charge in [-0.25, -0.2) is 0 Å². The second-order valence-corrected chi connectivity index (χ2v) is 1.33. The monoisotopic (exact) mass is 128 g/mol. The van der Waals surface area contributed by atoms with E-state index in [2.05, 4.69) is 5.32 Å². The Morgan fingerprint density at radius 3 is 2.33 bits per heavy atom. The minimum atomic E-state index is -0.635. The number of amides is 2. The topological polar surface area (TPSA) is 72.2 Å². The van der Waals surface area contributed by atoms with Crippen molar-refractivity contribution in [3.8, 4) is 0 Å². The van der Waals surface area contributed by atoms with Gasteiger partial charge in [-0.05, 0) is 6.92 Å². The smallest absolute Gasteiger partial charge is 0.264 e. The zero-order valence-electron chi connectivity index (χ0n) is 5.05. The van der Waals surface area contributed by atoms with Gasteiger partial charge in [0.1, 0.15) is 5.70 Å². The van der Waals surface area contributed by atoms with Crippen LogP contribution >= 0.6 is 0 Å². The van der Waals surface area contributed by atoms with Crippen molar-refractivity contribution in [2.75, 3.05) is 0 Å². The van der Waals surface area contributed by atoms with Gasteiger partial charge in [0.25, 0.3) is 5.91 Å². The van der Waals surface area contributed by atoms with E-state index in [-0.39, 0.29) is 5.70 Å². The Kier molecular flexibility index (Phi) is 3.12. The average molecular weight is 128 g/mol. The van der Waals surface area contributed by atoms with E-state index < -0.39 is 5.91 Å². The molecule has 2 amide bonds. The second-order valence-electron chi connectivity index (χ2n) is 1.33. The number of carbonyl (C=O) groups excluding carboxylic acids is 2. The maximum absolute atomic E-state index is 10.3. The van der Waals surface area contributed by atoms with Gasteiger partial charge >= 0.3 is 0 Å². The number of hydrogen-bond donors (Lipinski definition) is 2. The van der Waals surface area contributed by atoms with E-state index >= 15 is 0 Å². The maximum Gasteiger partial charge on any atom is 0.264 e. The number of nitrogens with one attached hydrogen (secondary N) is 1. The highest BCUT2D eigenvalue weighted by Gasteiger charge is 1.98. The first-order valence-corrected chi connectivity index (χ1v) is 2.38. The fraction of sp³-hybridized carbons (Fsp3) is 0.200. The molecule has 4 heteroatoms. The number of carbonyl (C=O) groups is 2. The second kappa shape index (κ2) is 3.65. The van der Waals surface area contributed by atoms with Crippen LogP contribution < -0.4 is 11.1 Å². The van der Waals surface area contributed by atoms with Gasteiger partial charge in [0.05, 0.1) is 0 Å². The molecule has 0 spiro atoms. The Labute approximate surface area is 52.7 Å². The van der Waals surface area contributed by atoms with Crippen LogP contribution in [0.5, 0.6) is 0 Å². The molecule has 0 saturated heterocycles. The summed E-state index contributed by atoms with van der Waals surface area (Å²) in [4.78, 5) is 20.0. The van der Waals surface area contributed by atoms with Gasteiger partial charge < -0.3 is 11.1 Å². The van der Waals surface area contributed by atoms with Crippen LogP contribution in [0.15, 0.2) is 11.8 Å². The lowest BCUT2D eigenvalue weighted by molar-refractivity contribution is -0.117. The molecule has 50 valence electrons. The number of nitrogens with two attached hydrogens (primary N) is 1. The third-order valence-corrected chi connectivity index (χ3v) is 0.769. The summed E-state index contributed by atoms with van der Waals surface area (Å²) in [5, 5.41) is 2.14. The highest BCUT2D eigenvalue weighted by molar-refractivity contribution is 5.93. The van der Waals surface area contributed by atoms with E-state index in [1.807, 2.05) is 0 Å². The first-order valence-electron chi connectivity index (χ1n) is 2.38. The number of allylic oxidation sites excluding steroid dienone is 1. The summed E-state index contributed by atoms with van der Waals surface area (Å²) >= 11 is 0. The molecule has 0 aliphatic heterocycles. The van der Waals surface area contributed by atoms with Crippen LogP contribution in [0.25, 0.3) is 0 Å². The van der Waals surface area contributed by atoms with Crippen molar-refractivity contribution in [2.24, 2.45) is 5.73 Å². The van der Waals surface area contributed by atoms with Crippen molar-refractivity contribution < 1.29 is 9.59 Å². The molecule has 9 heavy (non-hydrogen) atoms. The molecule has 4 nitrogen and oxygen atoms in total. The van der Waals surface area contributed by atoms with Crippen LogP contribution in [0, 0.1) is 0 Å². The highest BCUT2D eigenvalue weighted by Crippen LogP contribution is 1.81. The lowest BCUT2D eigenvalue weighted by atomic mass is 10.4. The predicted octanol–water partition coefficient (Wildman–Crippen LogP) is -0.878. The molecule has 0 unspecified atom stereocenters. The molecule has 0 aromatic carbocycles. The molecule has 3 N–H and O–H groups in total. The van der Waals surface area contributed by atoms with Gasteiger partial charge in [-0.3, -0.25) is 9.59 Å². The van der Waals surface area contributed by atoms with Crippen molar-refractivity contribution in [2.45, 2.75) is 6.92 Å². The summed E-state index contributed by atoms with van der Waals surface area (Å²) in [6.45, 7) is 1.61. The SMILES string of the molecule is C/C=C(\NC=O)C(N)=O. The molecule has 0 bridgehead atoms. The molecule has 0 aromatic heterocycles. The molecule has 0 aromatic rings. The predicted molar refractivity (Wildman–Crippen MR) is 32.2 cm³/mol. The van der Waals surface area contributed by atoms with E-state index in [1.54, 1.807) is 6.92 Å². The number of rotatable bonds is 3. The Hall–Kier alpha value is -1.32. The fourth-order valence-electron chi connectivity index (χ4n) is 0.360. The Morgan fingerprint density at radius 2 is 2.22 bits per heavy atom. The Bertz CT molecular complexity index is 151. The van der Waals surface area contributed by atoms with E-state index in [0.717, 1.165) is 0 Å². The van der Waals surface area contributed by atoms with Crippen LogP contribution in [0.3, 0.4) is 0 Å². The fourth-order valence-corrected chi connectivity index (χ4v) is 0.360. The van der Waals surface area contributed by atoms with Gasteiger partial charge in [-0.2, -0.15) is 0 Å². The van der Waals surface area contributed by atoms with E-state index in [4.69, 9.17) is 5.73 Å². The summed E-state index contributed by atoms with van der Waals surface area (Å²) in [5.41, 5.74) is 4.92. The van der Waals surface area contributed by atoms with Crippen LogP contribution in [-0.2, 0) is 9.59 Å². The van der Waals surface area contributed by atoms with Crippen LogP contribution in [0.2, 0.25) is 0 Å². The van der Waals surface area contributed by atoms with Crippen molar-refractivity contribution >= 4 is 12.3 Å². The summed E-state index contributed by atoms with van der Waals surface area (Å²) in [6.07, 6.45) is 1.83. The molecule has 0 fully saturated rings. The number of primary amides is 1. The average Bonchev–Trinajstić information content (AvgIpc) is 1.82. The molecular formula is C5H8N2O2. The maximum atomic E-state index is 10.3. The zero-order valence-corrected chi connectivity index (χ0v) is 5.05. The molecule has 0 heterocycles. The summed E-state index contributed by atoms with van der Waals surface area (Å²) < 4.78 is 0. The van der Waals surface area contributed by atoms with E-state index in [1.165, 1.54) is 6.08 Å². The van der Waals surface area contributed by atoms with Gasteiger partial charge in [-0.1, -0.05) is 6.08 Å². The Morgan fingerprint density at radius 1 is 1.67 bits per heavy atom. The molecule has 0 atom stereocenters. The standard InChI is InChI=1S/C5H8N2O2/c1-2-4(5(6)9)7-3-8/h2-3H,1H3,(H2,6,9)(H,7,8)/b4-2-. The largest absolute Gasteiger partial charge is 0.364 e. The van der Waals surface area contributed by atoms with Crippen molar-refractivity contribution in [1.82, 2.24) is 5.32 Å². The molecule has 0 radical (unpaired) electrons. The number of hydrogen-bond acceptors (Lipinski definition) is 2. The van der Waals surface area contributed by atoms with Crippen molar-refractivity contribution in [3.63, 3.8) is 0 Å². The molecule has 0 saturated carbocycles. The first-order chi connectivity index (χ1) is 4.22. The third-order valence-electron chi connectivity index (χ3n) is 0.769. The molecular weight excluding hydrogens is 120 g/mol. The van der Waals surface area contributed by atoms with Crippen LogP contribution in [0.1, 0.15) is 6.92 Å². The molecule has 0 aliphatic rings. The van der Waals surface area contributed by atoms with Gasteiger partial charge in [0.2, 0.25) is 6.41 Å². The van der Waals surface area contributed by atoms with Crippen LogP contribution in [-0.4, -0.2) is 12.3 Å². The van der Waals surface area contributed by atoms with Gasteiger partial charge in [-0.15, -0.1) is 0 Å². The van der Waals surface area contributed by atoms with E-state index in [9.17, 15) is 9.59 Å². The molecule has 0 aliphatic carbocycles. The van der Waals surface area contributed by atoms with Gasteiger partial charge in [0.15, 0.2) is 0 Å². The van der Waals surface area contributed by atoms with E-state index in [0.29, 0.717) is 6.41 Å². The van der Waals surface area contributed by atoms with Crippen LogP contribution in [0.4, 0.5) is 0 Å². The Balaban J connectivity index is 4.00. The third kappa shape index (κ3) is 2.48. The minimum absolute atomic E-state index is 0.116. The summed E-state index contributed by atoms with van der Waals surface area (Å²) in [5.74, 6) is -0.635. The van der Waals surface area contributed by atoms with Crippen molar-refractivity contribution in [1.29, 1.82) is 0 Å². The van der Waals surface area contributed by atoms with Gasteiger partial charge in [0, 0.05) is 0 Å². The lowest BCUT2D eigenvalue weighted by Gasteiger charge is -1.95. The molecule has 0 rings (SSSR count).